The van der Waals surface area contributed by atoms with Crippen LogP contribution >= 0.6 is 23.2 Å². The van der Waals surface area contributed by atoms with Gasteiger partial charge in [-0.25, -0.2) is 4.98 Å². The first-order chi connectivity index (χ1) is 13.5. The molecule has 1 N–H and O–H groups in total. The van der Waals surface area contributed by atoms with Crippen LogP contribution in [0.25, 0.3) is 5.70 Å². The molecule has 0 saturated heterocycles. The third-order valence-electron chi connectivity index (χ3n) is 4.47. The molecule has 0 unspecified atom stereocenters. The second-order valence-electron chi connectivity index (χ2n) is 6.31. The summed E-state index contributed by atoms with van der Waals surface area (Å²) in [5, 5.41) is 4.33. The van der Waals surface area contributed by atoms with Gasteiger partial charge in [0.05, 0.1) is 16.1 Å². The van der Waals surface area contributed by atoms with Crippen molar-refractivity contribution < 1.29 is 0 Å². The Morgan fingerprint density at radius 2 is 1.86 bits per heavy atom. The topological polar surface area (TPSA) is 41.1 Å². The normalized spacial score (nSPS) is 11.7. The molecule has 0 saturated carbocycles. The molecule has 1 atom stereocenters. The molecular weight excluding hydrogens is 391 g/mol. The van der Waals surface area contributed by atoms with Crippen LogP contribution in [-0.4, -0.2) is 16.5 Å². The van der Waals surface area contributed by atoms with Crippen molar-refractivity contribution in [2.24, 2.45) is 0 Å². The van der Waals surface area contributed by atoms with Crippen LogP contribution in [0.15, 0.2) is 67.4 Å². The Kier molecular flexibility index (Phi) is 6.55. The Bertz CT molecular complexity index is 960. The fraction of sp³-hybridized carbons (Fsp3) is 0.182. The largest absolute Gasteiger partial charge is 0.348 e. The van der Waals surface area contributed by atoms with E-state index in [4.69, 9.17) is 23.2 Å². The van der Waals surface area contributed by atoms with Gasteiger partial charge in [0.25, 0.3) is 0 Å². The van der Waals surface area contributed by atoms with Crippen molar-refractivity contribution in [3.63, 3.8) is 0 Å². The number of aromatic nitrogens is 2. The lowest BCUT2D eigenvalue weighted by molar-refractivity contribution is 0.857. The smallest absolute Gasteiger partial charge is 0.225 e. The standard InChI is InChI=1S/C22H22Cl2N4/c1-4-28(16(3)18-11-8-12-19(23)21(18)24)20-13-14-25-22(27-20)26-15(2)17-9-6-5-7-10-17/h5-15H,3-4H2,1-2H3,(H,25,26,27)/t15-/m0/s1. The fourth-order valence-corrected chi connectivity index (χ4v) is 3.36. The molecule has 6 heteroatoms. The predicted molar refractivity (Wildman–Crippen MR) is 119 cm³/mol. The lowest BCUT2D eigenvalue weighted by Gasteiger charge is -2.25. The minimum Gasteiger partial charge on any atom is -0.348 e. The molecule has 0 aliphatic carbocycles. The van der Waals surface area contributed by atoms with Crippen LogP contribution in [0.4, 0.5) is 11.8 Å². The zero-order valence-corrected chi connectivity index (χ0v) is 17.4. The number of nitrogens with zero attached hydrogens (tertiary/aromatic N) is 3. The van der Waals surface area contributed by atoms with Gasteiger partial charge < -0.3 is 10.2 Å². The molecule has 1 aromatic heterocycles. The zero-order chi connectivity index (χ0) is 20.1. The van der Waals surface area contributed by atoms with Crippen molar-refractivity contribution in [1.29, 1.82) is 0 Å². The molecule has 3 rings (SSSR count). The van der Waals surface area contributed by atoms with Crippen LogP contribution in [0.5, 0.6) is 0 Å². The van der Waals surface area contributed by atoms with Gasteiger partial charge in [0.2, 0.25) is 5.95 Å². The third-order valence-corrected chi connectivity index (χ3v) is 5.29. The quantitative estimate of drug-likeness (QED) is 0.483. The van der Waals surface area contributed by atoms with Crippen LogP contribution in [0, 0.1) is 0 Å². The number of benzene rings is 2. The van der Waals surface area contributed by atoms with Gasteiger partial charge >= 0.3 is 0 Å². The Labute approximate surface area is 175 Å². The summed E-state index contributed by atoms with van der Waals surface area (Å²) in [6.07, 6.45) is 1.73. The molecule has 0 fully saturated rings. The molecule has 144 valence electrons. The Morgan fingerprint density at radius 3 is 2.57 bits per heavy atom. The first kappa shape index (κ1) is 20.2. The van der Waals surface area contributed by atoms with Gasteiger partial charge in [0.15, 0.2) is 0 Å². The molecule has 0 aliphatic heterocycles. The summed E-state index contributed by atoms with van der Waals surface area (Å²) in [5.41, 5.74) is 2.68. The molecule has 0 amide bonds. The zero-order valence-electron chi connectivity index (χ0n) is 15.9. The summed E-state index contributed by atoms with van der Waals surface area (Å²) in [5.74, 6) is 1.29. The maximum Gasteiger partial charge on any atom is 0.225 e. The van der Waals surface area contributed by atoms with E-state index in [0.29, 0.717) is 22.5 Å². The molecule has 0 bridgehead atoms. The number of halogens is 2. The number of hydrogen-bond donors (Lipinski definition) is 1. The molecule has 0 spiro atoms. The lowest BCUT2D eigenvalue weighted by Crippen LogP contribution is -2.22. The molecule has 3 aromatic rings. The highest BCUT2D eigenvalue weighted by Crippen LogP contribution is 2.33. The first-order valence-corrected chi connectivity index (χ1v) is 9.82. The van der Waals surface area contributed by atoms with Gasteiger partial charge in [-0.3, -0.25) is 0 Å². The van der Waals surface area contributed by atoms with Crippen molar-refractivity contribution in [3.8, 4) is 0 Å². The number of anilines is 2. The maximum absolute atomic E-state index is 6.38. The highest BCUT2D eigenvalue weighted by Gasteiger charge is 2.17. The van der Waals surface area contributed by atoms with E-state index < -0.39 is 0 Å². The Hall–Kier alpha value is -2.56. The molecule has 4 nitrogen and oxygen atoms in total. The first-order valence-electron chi connectivity index (χ1n) is 9.06. The minimum atomic E-state index is 0.0807. The highest BCUT2D eigenvalue weighted by molar-refractivity contribution is 6.43. The van der Waals surface area contributed by atoms with Crippen LogP contribution in [0.3, 0.4) is 0 Å². The van der Waals surface area contributed by atoms with E-state index in [1.54, 1.807) is 12.3 Å². The van der Waals surface area contributed by atoms with Crippen LogP contribution in [0.1, 0.15) is 31.0 Å². The van der Waals surface area contributed by atoms with Gasteiger partial charge in [-0.15, -0.1) is 0 Å². The van der Waals surface area contributed by atoms with Crippen molar-refractivity contribution in [2.45, 2.75) is 19.9 Å². The summed E-state index contributed by atoms with van der Waals surface area (Å²) < 4.78 is 0. The summed E-state index contributed by atoms with van der Waals surface area (Å²) in [7, 11) is 0. The summed E-state index contributed by atoms with van der Waals surface area (Å²) >= 11 is 12.5. The van der Waals surface area contributed by atoms with Gasteiger partial charge in [0, 0.05) is 24.0 Å². The summed E-state index contributed by atoms with van der Waals surface area (Å²) in [4.78, 5) is 11.0. The fourth-order valence-electron chi connectivity index (χ4n) is 2.95. The summed E-state index contributed by atoms with van der Waals surface area (Å²) in [6, 6.07) is 17.6. The predicted octanol–water partition coefficient (Wildman–Crippen LogP) is 6.45. The Balaban J connectivity index is 1.85. The van der Waals surface area contributed by atoms with Crippen molar-refractivity contribution in [3.05, 3.63) is 88.5 Å². The van der Waals surface area contributed by atoms with E-state index in [1.165, 1.54) is 5.56 Å². The van der Waals surface area contributed by atoms with Crippen molar-refractivity contribution in [1.82, 2.24) is 9.97 Å². The lowest BCUT2D eigenvalue weighted by atomic mass is 10.1. The molecule has 0 radical (unpaired) electrons. The van der Waals surface area contributed by atoms with Crippen LogP contribution in [-0.2, 0) is 0 Å². The number of nitrogens with one attached hydrogen (secondary N) is 1. The van der Waals surface area contributed by atoms with Crippen LogP contribution < -0.4 is 10.2 Å². The van der Waals surface area contributed by atoms with E-state index in [1.807, 2.05) is 48.2 Å². The van der Waals surface area contributed by atoms with E-state index >= 15 is 0 Å². The second kappa shape index (κ2) is 9.09. The van der Waals surface area contributed by atoms with Gasteiger partial charge in [-0.2, -0.15) is 4.98 Å². The second-order valence-corrected chi connectivity index (χ2v) is 7.09. The van der Waals surface area contributed by atoms with Gasteiger partial charge in [-0.1, -0.05) is 72.2 Å². The van der Waals surface area contributed by atoms with E-state index in [2.05, 4.69) is 40.9 Å². The SMILES string of the molecule is C=C(c1cccc(Cl)c1Cl)N(CC)c1ccnc(N[C@@H](C)c2ccccc2)n1. The van der Waals surface area contributed by atoms with Crippen molar-refractivity contribution >= 4 is 40.7 Å². The molecular formula is C22H22Cl2N4. The molecule has 2 aromatic carbocycles. The van der Waals surface area contributed by atoms with E-state index in [-0.39, 0.29) is 6.04 Å². The molecule has 0 aliphatic rings. The molecule has 28 heavy (non-hydrogen) atoms. The van der Waals surface area contributed by atoms with E-state index in [0.717, 1.165) is 17.1 Å². The Morgan fingerprint density at radius 1 is 1.11 bits per heavy atom. The van der Waals surface area contributed by atoms with Gasteiger partial charge in [0.1, 0.15) is 5.82 Å². The van der Waals surface area contributed by atoms with Gasteiger partial charge in [-0.05, 0) is 31.5 Å². The highest BCUT2D eigenvalue weighted by atomic mass is 35.5. The van der Waals surface area contributed by atoms with E-state index in [9.17, 15) is 0 Å². The molecule has 1 heterocycles. The summed E-state index contributed by atoms with van der Waals surface area (Å²) in [6.45, 7) is 9.00. The average molecular weight is 413 g/mol. The minimum absolute atomic E-state index is 0.0807. The monoisotopic (exact) mass is 412 g/mol. The number of rotatable bonds is 7. The van der Waals surface area contributed by atoms with Crippen LogP contribution in [0.2, 0.25) is 10.0 Å². The number of hydrogen-bond acceptors (Lipinski definition) is 4. The van der Waals surface area contributed by atoms with Crippen molar-refractivity contribution in [2.75, 3.05) is 16.8 Å². The maximum atomic E-state index is 6.38. The average Bonchev–Trinajstić information content (AvgIpc) is 2.71. The third kappa shape index (κ3) is 4.46.